The molecule has 0 spiro atoms. The number of alkyl halides is 2. The average Bonchev–Trinajstić information content (AvgIpc) is 2.59. The highest BCUT2D eigenvalue weighted by Gasteiger charge is 2.26. The number of urea groups is 1. The summed E-state index contributed by atoms with van der Waals surface area (Å²) in [6.45, 7) is 2.83. The molecule has 0 heterocycles. The maximum atomic E-state index is 12.4. The number of benzene rings is 1. The lowest BCUT2D eigenvalue weighted by Gasteiger charge is -2.11. The number of hydrogen-bond donors (Lipinski definition) is 2. The fourth-order valence-electron chi connectivity index (χ4n) is 1.62. The van der Waals surface area contributed by atoms with Crippen molar-refractivity contribution >= 4 is 27.7 Å². The second-order valence-electron chi connectivity index (χ2n) is 5.24. The van der Waals surface area contributed by atoms with Gasteiger partial charge in [0.15, 0.2) is 6.61 Å². The first-order valence-electron chi connectivity index (χ1n) is 7.47. The van der Waals surface area contributed by atoms with E-state index in [0.717, 1.165) is 24.3 Å². The van der Waals surface area contributed by atoms with Crippen LogP contribution in [0.4, 0.5) is 13.6 Å². The van der Waals surface area contributed by atoms with Crippen LogP contribution in [-0.4, -0.2) is 44.7 Å². The van der Waals surface area contributed by atoms with E-state index in [-0.39, 0.29) is 11.6 Å². The summed E-state index contributed by atoms with van der Waals surface area (Å²) in [6, 6.07) is 2.74. The number of hydrogen-bond acceptors (Lipinski definition) is 6. The molecule has 0 aliphatic carbocycles. The normalized spacial score (nSPS) is 12.3. The van der Waals surface area contributed by atoms with Gasteiger partial charge in [0.2, 0.25) is 9.84 Å². The highest BCUT2D eigenvalue weighted by molar-refractivity contribution is 7.91. The van der Waals surface area contributed by atoms with Crippen LogP contribution < -0.4 is 10.6 Å². The Bertz CT molecular complexity index is 765. The Morgan fingerprint density at radius 1 is 1.15 bits per heavy atom. The fraction of sp³-hybridized carbons (Fsp3) is 0.400. The number of ether oxygens (including phenoxy) is 1. The van der Waals surface area contributed by atoms with Crippen LogP contribution in [0, 0.1) is 0 Å². The van der Waals surface area contributed by atoms with E-state index in [4.69, 9.17) is 0 Å². The lowest BCUT2D eigenvalue weighted by atomic mass is 10.2. The number of imide groups is 1. The van der Waals surface area contributed by atoms with Gasteiger partial charge in [-0.05, 0) is 37.6 Å². The third-order valence-electron chi connectivity index (χ3n) is 3.23. The average molecular weight is 392 g/mol. The lowest BCUT2D eigenvalue weighted by Crippen LogP contribution is -2.44. The summed E-state index contributed by atoms with van der Waals surface area (Å²) < 4.78 is 52.0. The molecular formula is C15H18F2N2O6S. The van der Waals surface area contributed by atoms with Crippen molar-refractivity contribution in [2.24, 2.45) is 0 Å². The van der Waals surface area contributed by atoms with Gasteiger partial charge in [0.05, 0.1) is 10.5 Å². The molecule has 0 aromatic heterocycles. The molecule has 1 aromatic carbocycles. The molecule has 0 fully saturated rings. The number of rotatable bonds is 7. The molecule has 0 aliphatic heterocycles. The van der Waals surface area contributed by atoms with Crippen LogP contribution in [0.3, 0.4) is 0 Å². The number of carbonyl (C=O) groups is 3. The predicted molar refractivity (Wildman–Crippen MR) is 86.3 cm³/mol. The maximum Gasteiger partial charge on any atom is 0.341 e. The smallest absolute Gasteiger partial charge is 0.341 e. The van der Waals surface area contributed by atoms with Crippen molar-refractivity contribution in [3.63, 3.8) is 0 Å². The van der Waals surface area contributed by atoms with Crippen LogP contribution in [0.2, 0.25) is 0 Å². The van der Waals surface area contributed by atoms with Crippen LogP contribution in [0.15, 0.2) is 29.2 Å². The van der Waals surface area contributed by atoms with E-state index in [1.807, 2.05) is 12.2 Å². The molecule has 0 saturated heterocycles. The summed E-state index contributed by atoms with van der Waals surface area (Å²) >= 11 is 0. The van der Waals surface area contributed by atoms with Crippen molar-refractivity contribution in [1.82, 2.24) is 10.6 Å². The first-order chi connectivity index (χ1) is 12.1. The Morgan fingerprint density at radius 2 is 1.73 bits per heavy atom. The predicted octanol–water partition coefficient (Wildman–Crippen LogP) is 1.46. The van der Waals surface area contributed by atoms with Crippen LogP contribution >= 0.6 is 0 Å². The molecule has 144 valence electrons. The molecule has 1 atom stereocenters. The fourth-order valence-corrected chi connectivity index (χ4v) is 2.34. The van der Waals surface area contributed by atoms with Gasteiger partial charge >= 0.3 is 17.8 Å². The zero-order valence-electron chi connectivity index (χ0n) is 14.0. The van der Waals surface area contributed by atoms with E-state index < -0.39 is 45.0 Å². The van der Waals surface area contributed by atoms with Gasteiger partial charge in [-0.1, -0.05) is 6.92 Å². The molecule has 0 bridgehead atoms. The zero-order valence-corrected chi connectivity index (χ0v) is 14.8. The van der Waals surface area contributed by atoms with Crippen molar-refractivity contribution < 1.29 is 36.3 Å². The van der Waals surface area contributed by atoms with E-state index >= 15 is 0 Å². The minimum atomic E-state index is -4.76. The molecule has 2 N–H and O–H groups in total. The third-order valence-corrected chi connectivity index (χ3v) is 4.63. The summed E-state index contributed by atoms with van der Waals surface area (Å²) in [7, 11) is -4.76. The summed E-state index contributed by atoms with van der Waals surface area (Å²) in [4.78, 5) is 34.0. The van der Waals surface area contributed by atoms with Gasteiger partial charge in [-0.3, -0.25) is 10.1 Å². The quantitative estimate of drug-likeness (QED) is 0.678. The van der Waals surface area contributed by atoms with Gasteiger partial charge < -0.3 is 10.1 Å². The largest absolute Gasteiger partial charge is 0.452 e. The molecule has 1 rings (SSSR count). The highest BCUT2D eigenvalue weighted by atomic mass is 32.2. The Labute approximate surface area is 148 Å². The van der Waals surface area contributed by atoms with E-state index in [0.29, 0.717) is 6.42 Å². The van der Waals surface area contributed by atoms with E-state index in [2.05, 4.69) is 10.1 Å². The van der Waals surface area contributed by atoms with Crippen molar-refractivity contribution in [3.05, 3.63) is 29.8 Å². The van der Waals surface area contributed by atoms with Gasteiger partial charge in [-0.2, -0.15) is 8.78 Å². The zero-order chi connectivity index (χ0) is 19.9. The second kappa shape index (κ2) is 9.22. The van der Waals surface area contributed by atoms with Crippen molar-refractivity contribution in [2.75, 3.05) is 6.61 Å². The van der Waals surface area contributed by atoms with Gasteiger partial charge in [-0.15, -0.1) is 0 Å². The summed E-state index contributed by atoms with van der Waals surface area (Å²) in [5.41, 5.74) is -0.143. The van der Waals surface area contributed by atoms with Crippen LogP contribution in [0.1, 0.15) is 30.6 Å². The molecule has 0 saturated carbocycles. The highest BCUT2D eigenvalue weighted by Crippen LogP contribution is 2.18. The molecular weight excluding hydrogens is 374 g/mol. The molecule has 1 aromatic rings. The number of esters is 1. The molecule has 3 amide bonds. The SMILES string of the molecule is CC[C@@H](C)NC(=O)NC(=O)COC(=O)c1ccc(S(=O)(=O)C(F)F)cc1. The Hall–Kier alpha value is -2.56. The van der Waals surface area contributed by atoms with Gasteiger partial charge in [-0.25, -0.2) is 18.0 Å². The Kier molecular flexibility index (Phi) is 7.62. The van der Waals surface area contributed by atoms with Crippen LogP contribution in [-0.2, 0) is 19.4 Å². The molecule has 26 heavy (non-hydrogen) atoms. The van der Waals surface area contributed by atoms with Crippen LogP contribution in [0.5, 0.6) is 0 Å². The van der Waals surface area contributed by atoms with E-state index in [1.54, 1.807) is 6.92 Å². The minimum Gasteiger partial charge on any atom is -0.452 e. The first kappa shape index (κ1) is 21.5. The second-order valence-corrected chi connectivity index (χ2v) is 7.15. The summed E-state index contributed by atoms with van der Waals surface area (Å²) in [5, 5.41) is 4.44. The Balaban J connectivity index is 2.58. The molecule has 8 nitrogen and oxygen atoms in total. The van der Waals surface area contributed by atoms with Gasteiger partial charge in [0, 0.05) is 6.04 Å². The topological polar surface area (TPSA) is 119 Å². The number of sulfone groups is 1. The number of amides is 3. The minimum absolute atomic E-state index is 0.143. The monoisotopic (exact) mass is 392 g/mol. The number of carbonyl (C=O) groups excluding carboxylic acids is 3. The summed E-state index contributed by atoms with van der Waals surface area (Å²) in [5.74, 6) is -5.43. The van der Waals surface area contributed by atoms with Gasteiger partial charge in [0.25, 0.3) is 5.91 Å². The van der Waals surface area contributed by atoms with Crippen molar-refractivity contribution in [1.29, 1.82) is 0 Å². The maximum absolute atomic E-state index is 12.4. The number of nitrogens with one attached hydrogen (secondary N) is 2. The van der Waals surface area contributed by atoms with Gasteiger partial charge in [0.1, 0.15) is 0 Å². The number of halogens is 2. The third kappa shape index (κ3) is 6.06. The van der Waals surface area contributed by atoms with Crippen LogP contribution in [0.25, 0.3) is 0 Å². The molecule has 0 radical (unpaired) electrons. The molecule has 0 aliphatic rings. The summed E-state index contributed by atoms with van der Waals surface area (Å²) in [6.07, 6.45) is 0.661. The van der Waals surface area contributed by atoms with E-state index in [9.17, 15) is 31.6 Å². The van der Waals surface area contributed by atoms with Crippen molar-refractivity contribution in [2.45, 2.75) is 37.0 Å². The lowest BCUT2D eigenvalue weighted by molar-refractivity contribution is -0.123. The van der Waals surface area contributed by atoms with Crippen molar-refractivity contribution in [3.8, 4) is 0 Å². The standard InChI is InChI=1S/C15H18F2N2O6S/c1-3-9(2)18-15(22)19-12(20)8-25-13(21)10-4-6-11(7-5-10)26(23,24)14(16)17/h4-7,9,14H,3,8H2,1-2H3,(H2,18,19,20,22)/t9-/m1/s1. The Morgan fingerprint density at radius 3 is 2.23 bits per heavy atom. The first-order valence-corrected chi connectivity index (χ1v) is 9.02. The van der Waals surface area contributed by atoms with E-state index in [1.165, 1.54) is 0 Å². The molecule has 0 unspecified atom stereocenters. The molecule has 11 heteroatoms.